The van der Waals surface area contributed by atoms with E-state index < -0.39 is 0 Å². The summed E-state index contributed by atoms with van der Waals surface area (Å²) in [5.74, 6) is 1.80. The highest BCUT2D eigenvalue weighted by Gasteiger charge is 2.20. The quantitative estimate of drug-likeness (QED) is 0.150. The Kier molecular flexibility index (Phi) is 8.56. The van der Waals surface area contributed by atoms with Crippen LogP contribution in [-0.4, -0.2) is 28.7 Å². The first-order valence-electron chi connectivity index (χ1n) is 19.5. The second-order valence-corrected chi connectivity index (χ2v) is 15.0. The van der Waals surface area contributed by atoms with Crippen LogP contribution >= 0.6 is 11.7 Å². The van der Waals surface area contributed by atoms with Gasteiger partial charge in [-0.3, -0.25) is 0 Å². The Labute approximate surface area is 344 Å². The molecule has 59 heavy (non-hydrogen) atoms. The molecule has 0 fully saturated rings. The van der Waals surface area contributed by atoms with Crippen molar-refractivity contribution in [3.8, 4) is 78.8 Å². The first kappa shape index (κ1) is 34.5. The first-order valence-corrected chi connectivity index (χ1v) is 20.2. The molecule has 0 atom stereocenters. The number of para-hydroxylation sites is 1. The number of hydrogen-bond donors (Lipinski definition) is 0. The van der Waals surface area contributed by atoms with Gasteiger partial charge in [-0.25, -0.2) is 19.9 Å². The second kappa shape index (κ2) is 14.6. The van der Waals surface area contributed by atoms with E-state index in [0.717, 1.165) is 94.0 Å². The fourth-order valence-electron chi connectivity index (χ4n) is 7.90. The van der Waals surface area contributed by atoms with Gasteiger partial charge in [0.2, 0.25) is 0 Å². The summed E-state index contributed by atoms with van der Waals surface area (Å²) in [5, 5.41) is 3.17. The molecule has 0 radical (unpaired) electrons. The number of hydrogen-bond acceptors (Lipinski definition) is 7. The lowest BCUT2D eigenvalue weighted by atomic mass is 9.93. The lowest BCUT2D eigenvalue weighted by Crippen LogP contribution is -2.00. The third-order valence-electron chi connectivity index (χ3n) is 10.8. The first-order chi connectivity index (χ1) is 29.2. The van der Waals surface area contributed by atoms with E-state index in [1.54, 1.807) is 0 Å². The number of benzene rings is 8. The Morgan fingerprint density at radius 2 is 0.780 bits per heavy atom. The fraction of sp³-hybridized carbons (Fsp3) is 0. The van der Waals surface area contributed by atoms with E-state index in [-0.39, 0.29) is 0 Å². The number of pyridine rings is 1. The average Bonchev–Trinajstić information content (AvgIpc) is 3.82. The summed E-state index contributed by atoms with van der Waals surface area (Å²) in [6, 6.07) is 66.8. The number of rotatable bonds is 7. The Balaban J connectivity index is 1.05. The molecule has 0 saturated heterocycles. The van der Waals surface area contributed by atoms with E-state index in [4.69, 9.17) is 28.7 Å². The highest BCUT2D eigenvalue weighted by Crippen LogP contribution is 2.41. The maximum atomic E-state index is 5.20. The highest BCUT2D eigenvalue weighted by atomic mass is 32.1. The minimum atomic E-state index is 0.591. The van der Waals surface area contributed by atoms with Gasteiger partial charge in [-0.1, -0.05) is 170 Å². The molecule has 276 valence electrons. The van der Waals surface area contributed by atoms with Gasteiger partial charge in [-0.2, -0.15) is 8.75 Å². The molecule has 0 N–H and O–H groups in total. The van der Waals surface area contributed by atoms with E-state index in [0.29, 0.717) is 17.5 Å². The summed E-state index contributed by atoms with van der Waals surface area (Å²) in [4.78, 5) is 20.5. The minimum absolute atomic E-state index is 0.591. The van der Waals surface area contributed by atoms with Crippen LogP contribution in [-0.2, 0) is 0 Å². The van der Waals surface area contributed by atoms with Crippen molar-refractivity contribution in [1.82, 2.24) is 28.7 Å². The molecule has 0 unspecified atom stereocenters. The summed E-state index contributed by atoms with van der Waals surface area (Å²) < 4.78 is 9.75. The third kappa shape index (κ3) is 6.40. The predicted octanol–water partition coefficient (Wildman–Crippen LogP) is 13.2. The van der Waals surface area contributed by atoms with Crippen molar-refractivity contribution in [2.75, 3.05) is 0 Å². The maximum Gasteiger partial charge on any atom is 0.164 e. The Bertz CT molecular complexity index is 3210. The average molecular weight is 773 g/mol. The van der Waals surface area contributed by atoms with Crippen molar-refractivity contribution in [2.45, 2.75) is 0 Å². The van der Waals surface area contributed by atoms with Crippen LogP contribution in [0.25, 0.3) is 112 Å². The van der Waals surface area contributed by atoms with E-state index in [2.05, 4.69) is 170 Å². The summed E-state index contributed by atoms with van der Waals surface area (Å²) in [6.45, 7) is 0. The van der Waals surface area contributed by atoms with Crippen LogP contribution in [0.5, 0.6) is 0 Å². The zero-order valence-electron chi connectivity index (χ0n) is 31.6. The third-order valence-corrected chi connectivity index (χ3v) is 11.3. The molecule has 11 aromatic rings. The molecular formula is C52H32N6S. The van der Waals surface area contributed by atoms with Crippen LogP contribution in [0, 0.1) is 0 Å². The zero-order chi connectivity index (χ0) is 39.1. The van der Waals surface area contributed by atoms with E-state index in [1.807, 2.05) is 24.3 Å². The van der Waals surface area contributed by atoms with Gasteiger partial charge in [-0.15, -0.1) is 0 Å². The molecule has 0 bridgehead atoms. The molecule has 0 saturated carbocycles. The van der Waals surface area contributed by atoms with Crippen molar-refractivity contribution in [3.05, 3.63) is 194 Å². The summed E-state index contributed by atoms with van der Waals surface area (Å²) >= 11 is 1.24. The van der Waals surface area contributed by atoms with Crippen LogP contribution in [0.4, 0.5) is 0 Å². The Hall–Kier alpha value is -7.74. The highest BCUT2D eigenvalue weighted by molar-refractivity contribution is 7.00. The largest absolute Gasteiger partial charge is 0.247 e. The normalized spacial score (nSPS) is 11.4. The van der Waals surface area contributed by atoms with Crippen molar-refractivity contribution >= 4 is 44.4 Å². The number of aromatic nitrogens is 6. The Morgan fingerprint density at radius 1 is 0.305 bits per heavy atom. The summed E-state index contributed by atoms with van der Waals surface area (Å²) in [6.07, 6.45) is 0. The van der Waals surface area contributed by atoms with Crippen LogP contribution in [0.1, 0.15) is 0 Å². The minimum Gasteiger partial charge on any atom is -0.247 e. The standard InChI is InChI=1S/C52H32N6S/c1-4-14-33(15-5-1)38-20-12-22-40(30-38)51-54-50(55-52(56-51)41-23-13-21-39(31-41)34-16-6-2-7-17-34)37-28-26-35(27-29-37)43-32-44-46(49-48(43)57-59-58-49)42-24-10-11-25-45(42)53-47(44)36-18-8-3-9-19-36/h1-32H. The molecular weight excluding hydrogens is 741 g/mol. The van der Waals surface area contributed by atoms with E-state index >= 15 is 0 Å². The number of nitrogens with zero attached hydrogens (tertiary/aromatic N) is 6. The molecule has 0 aliphatic carbocycles. The molecule has 3 heterocycles. The van der Waals surface area contributed by atoms with Gasteiger partial charge in [-0.05, 0) is 52.1 Å². The van der Waals surface area contributed by atoms with Gasteiger partial charge in [0.25, 0.3) is 0 Å². The summed E-state index contributed by atoms with van der Waals surface area (Å²) in [5.41, 5.74) is 13.8. The van der Waals surface area contributed by atoms with Crippen LogP contribution in [0.2, 0.25) is 0 Å². The van der Waals surface area contributed by atoms with Crippen molar-refractivity contribution in [3.63, 3.8) is 0 Å². The van der Waals surface area contributed by atoms with Gasteiger partial charge in [0, 0.05) is 44.0 Å². The molecule has 0 spiro atoms. The SMILES string of the molecule is c1ccc(-c2cccc(-c3nc(-c4ccc(-c5cc6c(-c7ccccc7)nc7ccccc7c6c6nsnc56)cc4)nc(-c4cccc(-c5ccccc5)c4)n3)c2)cc1. The van der Waals surface area contributed by atoms with E-state index in [1.165, 1.54) is 11.7 Å². The van der Waals surface area contributed by atoms with Crippen LogP contribution < -0.4 is 0 Å². The van der Waals surface area contributed by atoms with Gasteiger partial charge in [0.05, 0.1) is 22.9 Å². The molecule has 7 heteroatoms. The molecule has 0 aliphatic rings. The van der Waals surface area contributed by atoms with Gasteiger partial charge in [0.15, 0.2) is 17.5 Å². The topological polar surface area (TPSA) is 77.3 Å². The predicted molar refractivity (Wildman–Crippen MR) is 242 cm³/mol. The van der Waals surface area contributed by atoms with Gasteiger partial charge < -0.3 is 0 Å². The molecule has 11 rings (SSSR count). The van der Waals surface area contributed by atoms with E-state index in [9.17, 15) is 0 Å². The lowest BCUT2D eigenvalue weighted by molar-refractivity contribution is 1.07. The summed E-state index contributed by atoms with van der Waals surface area (Å²) in [7, 11) is 0. The van der Waals surface area contributed by atoms with Crippen molar-refractivity contribution in [1.29, 1.82) is 0 Å². The molecule has 6 nitrogen and oxygen atoms in total. The Morgan fingerprint density at radius 3 is 1.39 bits per heavy atom. The second-order valence-electron chi connectivity index (χ2n) is 14.4. The maximum absolute atomic E-state index is 5.20. The molecule has 0 amide bonds. The molecule has 8 aromatic carbocycles. The lowest BCUT2D eigenvalue weighted by Gasteiger charge is -2.13. The van der Waals surface area contributed by atoms with Crippen molar-refractivity contribution in [2.24, 2.45) is 0 Å². The van der Waals surface area contributed by atoms with Crippen molar-refractivity contribution < 1.29 is 0 Å². The monoisotopic (exact) mass is 772 g/mol. The fourth-order valence-corrected chi connectivity index (χ4v) is 8.47. The zero-order valence-corrected chi connectivity index (χ0v) is 32.4. The van der Waals surface area contributed by atoms with Crippen LogP contribution in [0.3, 0.4) is 0 Å². The van der Waals surface area contributed by atoms with Gasteiger partial charge >= 0.3 is 0 Å². The van der Waals surface area contributed by atoms with Gasteiger partial charge in [0.1, 0.15) is 11.0 Å². The smallest absolute Gasteiger partial charge is 0.164 e. The van der Waals surface area contributed by atoms with Crippen LogP contribution in [0.15, 0.2) is 194 Å². The number of fused-ring (bicyclic) bond motifs is 5. The molecule has 0 aliphatic heterocycles. The molecule has 3 aromatic heterocycles.